The summed E-state index contributed by atoms with van der Waals surface area (Å²) >= 11 is 0. The Morgan fingerprint density at radius 1 is 1.31 bits per heavy atom. The molecule has 0 heterocycles. The van der Waals surface area contributed by atoms with Crippen molar-refractivity contribution in [3.63, 3.8) is 0 Å². The zero-order chi connectivity index (χ0) is 19.1. The summed E-state index contributed by atoms with van der Waals surface area (Å²) in [6.45, 7) is 10.8. The summed E-state index contributed by atoms with van der Waals surface area (Å²) in [5, 5.41) is 20.1. The van der Waals surface area contributed by atoms with E-state index in [2.05, 4.69) is 33.4 Å². The van der Waals surface area contributed by atoms with Crippen molar-refractivity contribution in [2.75, 3.05) is 13.2 Å². The van der Waals surface area contributed by atoms with Gasteiger partial charge in [-0.05, 0) is 63.1 Å². The van der Waals surface area contributed by atoms with Crippen LogP contribution < -0.4 is 4.74 Å². The van der Waals surface area contributed by atoms with Gasteiger partial charge in [-0.3, -0.25) is 0 Å². The molecule has 0 saturated carbocycles. The first kappa shape index (κ1) is 20.6. The molecule has 0 amide bonds. The molecule has 2 N–H and O–H groups in total. The van der Waals surface area contributed by atoms with Crippen LogP contribution in [0, 0.1) is 5.92 Å². The number of ether oxygens (including phenoxy) is 1. The fourth-order valence-electron chi connectivity index (χ4n) is 3.91. The number of aromatic hydroxyl groups is 1. The largest absolute Gasteiger partial charge is 0.507 e. The van der Waals surface area contributed by atoms with Gasteiger partial charge < -0.3 is 14.9 Å². The Hall–Kier alpha value is -1.74. The van der Waals surface area contributed by atoms with Crippen LogP contribution in [0.2, 0.25) is 0 Å². The van der Waals surface area contributed by atoms with Gasteiger partial charge in [0.25, 0.3) is 0 Å². The normalized spacial score (nSPS) is 19.9. The summed E-state index contributed by atoms with van der Waals surface area (Å²) in [5.74, 6) is 1.37. The van der Waals surface area contributed by atoms with Crippen LogP contribution in [0.3, 0.4) is 0 Å². The molecule has 1 aliphatic carbocycles. The number of benzene rings is 1. The first-order valence-electron chi connectivity index (χ1n) is 9.90. The highest BCUT2D eigenvalue weighted by Crippen LogP contribution is 2.46. The molecule has 144 valence electrons. The Labute approximate surface area is 158 Å². The van der Waals surface area contributed by atoms with Gasteiger partial charge in [-0.25, -0.2) is 0 Å². The molecule has 0 bridgehead atoms. The molecule has 0 aliphatic heterocycles. The molecule has 0 fully saturated rings. The van der Waals surface area contributed by atoms with Gasteiger partial charge in [0, 0.05) is 11.5 Å². The average molecular weight is 359 g/mol. The van der Waals surface area contributed by atoms with E-state index in [0.29, 0.717) is 17.4 Å². The Bertz CT molecular complexity index is 645. The summed E-state index contributed by atoms with van der Waals surface area (Å²) in [6, 6.07) is 3.94. The fourth-order valence-corrected chi connectivity index (χ4v) is 3.91. The number of phenols is 1. The van der Waals surface area contributed by atoms with Gasteiger partial charge in [0.2, 0.25) is 0 Å². The maximum Gasteiger partial charge on any atom is 0.127 e. The highest BCUT2D eigenvalue weighted by molar-refractivity contribution is 5.52. The zero-order valence-corrected chi connectivity index (χ0v) is 16.6. The fraction of sp³-hybridized carbons (Fsp3) is 0.565. The molecule has 0 aromatic heterocycles. The van der Waals surface area contributed by atoms with Crippen molar-refractivity contribution < 1.29 is 14.9 Å². The standard InChI is InChI=1S/C23H34O3/c1-5-6-7-8-18-14-21(25)23(22(15-18)26-12-11-24)20-13-17(4)9-10-19(20)16(2)3/h13-15,19-20,24-25H,2,5-12H2,1,3-4H3. The van der Waals surface area contributed by atoms with Gasteiger partial charge in [0.15, 0.2) is 0 Å². The maximum atomic E-state index is 10.9. The lowest BCUT2D eigenvalue weighted by molar-refractivity contribution is 0.198. The third kappa shape index (κ3) is 5.14. The van der Waals surface area contributed by atoms with Crippen LogP contribution in [0.25, 0.3) is 0 Å². The number of unbranched alkanes of at least 4 members (excludes halogenated alkanes) is 2. The Morgan fingerprint density at radius 2 is 2.08 bits per heavy atom. The average Bonchev–Trinajstić information content (AvgIpc) is 2.59. The van der Waals surface area contributed by atoms with Crippen molar-refractivity contribution in [3.8, 4) is 11.5 Å². The van der Waals surface area contributed by atoms with Crippen LogP contribution in [0.5, 0.6) is 11.5 Å². The van der Waals surface area contributed by atoms with E-state index in [1.807, 2.05) is 12.1 Å². The second-order valence-corrected chi connectivity index (χ2v) is 7.59. The molecule has 0 radical (unpaired) electrons. The Kier molecular flexibility index (Phi) is 7.77. The summed E-state index contributed by atoms with van der Waals surface area (Å²) in [6.07, 6.45) is 8.74. The van der Waals surface area contributed by atoms with E-state index in [4.69, 9.17) is 4.74 Å². The first-order chi connectivity index (χ1) is 12.5. The summed E-state index contributed by atoms with van der Waals surface area (Å²) in [4.78, 5) is 0. The minimum Gasteiger partial charge on any atom is -0.507 e. The van der Waals surface area contributed by atoms with E-state index in [1.54, 1.807) is 0 Å². The lowest BCUT2D eigenvalue weighted by Gasteiger charge is -2.32. The molecule has 1 aromatic rings. The molecule has 2 unspecified atom stereocenters. The van der Waals surface area contributed by atoms with Gasteiger partial charge in [0.05, 0.1) is 6.61 Å². The van der Waals surface area contributed by atoms with Crippen LogP contribution in [0.1, 0.15) is 69.9 Å². The number of hydrogen-bond donors (Lipinski definition) is 2. The number of phenolic OH excluding ortho intramolecular Hbond substituents is 1. The van der Waals surface area contributed by atoms with E-state index < -0.39 is 0 Å². The van der Waals surface area contributed by atoms with Gasteiger partial charge in [-0.1, -0.05) is 43.6 Å². The van der Waals surface area contributed by atoms with E-state index in [-0.39, 0.29) is 19.1 Å². The summed E-state index contributed by atoms with van der Waals surface area (Å²) in [5.41, 5.74) is 4.41. The SMILES string of the molecule is C=C(C)C1CCC(C)=CC1c1c(O)cc(CCCCC)cc1OCCO. The highest BCUT2D eigenvalue weighted by Gasteiger charge is 2.30. The van der Waals surface area contributed by atoms with Crippen LogP contribution >= 0.6 is 0 Å². The monoisotopic (exact) mass is 358 g/mol. The third-order valence-electron chi connectivity index (χ3n) is 5.31. The zero-order valence-electron chi connectivity index (χ0n) is 16.6. The van der Waals surface area contributed by atoms with Crippen molar-refractivity contribution in [2.24, 2.45) is 5.92 Å². The second kappa shape index (κ2) is 9.82. The van der Waals surface area contributed by atoms with Gasteiger partial charge in [0.1, 0.15) is 18.1 Å². The number of rotatable bonds is 9. The van der Waals surface area contributed by atoms with Crippen molar-refractivity contribution in [1.29, 1.82) is 0 Å². The molecule has 26 heavy (non-hydrogen) atoms. The quantitative estimate of drug-likeness (QED) is 0.452. The predicted molar refractivity (Wildman–Crippen MR) is 108 cm³/mol. The van der Waals surface area contributed by atoms with Crippen LogP contribution in [0.4, 0.5) is 0 Å². The molecule has 2 atom stereocenters. The number of aryl methyl sites for hydroxylation is 1. The van der Waals surface area contributed by atoms with Crippen LogP contribution in [-0.4, -0.2) is 23.4 Å². The van der Waals surface area contributed by atoms with Crippen LogP contribution in [-0.2, 0) is 6.42 Å². The number of aliphatic hydroxyl groups excluding tert-OH is 1. The molecule has 2 rings (SSSR count). The highest BCUT2D eigenvalue weighted by atomic mass is 16.5. The third-order valence-corrected chi connectivity index (χ3v) is 5.31. The topological polar surface area (TPSA) is 49.7 Å². The van der Waals surface area contributed by atoms with E-state index in [0.717, 1.165) is 42.4 Å². The van der Waals surface area contributed by atoms with Crippen LogP contribution in [0.15, 0.2) is 35.9 Å². The van der Waals surface area contributed by atoms with Crippen molar-refractivity contribution in [1.82, 2.24) is 0 Å². The molecular weight excluding hydrogens is 324 g/mol. The molecule has 3 heteroatoms. The number of hydrogen-bond acceptors (Lipinski definition) is 3. The number of allylic oxidation sites excluding steroid dienone is 3. The van der Waals surface area contributed by atoms with E-state index in [9.17, 15) is 10.2 Å². The number of aliphatic hydroxyl groups is 1. The first-order valence-corrected chi connectivity index (χ1v) is 9.90. The van der Waals surface area contributed by atoms with E-state index >= 15 is 0 Å². The summed E-state index contributed by atoms with van der Waals surface area (Å²) in [7, 11) is 0. The lowest BCUT2D eigenvalue weighted by Crippen LogP contribution is -2.18. The molecule has 1 aliphatic rings. The molecule has 3 nitrogen and oxygen atoms in total. The van der Waals surface area contributed by atoms with E-state index in [1.165, 1.54) is 18.4 Å². The smallest absolute Gasteiger partial charge is 0.127 e. The van der Waals surface area contributed by atoms with Gasteiger partial charge in [-0.2, -0.15) is 0 Å². The second-order valence-electron chi connectivity index (χ2n) is 7.59. The summed E-state index contributed by atoms with van der Waals surface area (Å²) < 4.78 is 5.86. The van der Waals surface area contributed by atoms with Crippen molar-refractivity contribution in [2.45, 2.75) is 65.2 Å². The Balaban J connectivity index is 2.43. The minimum atomic E-state index is -0.0380. The van der Waals surface area contributed by atoms with Gasteiger partial charge in [-0.15, -0.1) is 0 Å². The van der Waals surface area contributed by atoms with Crippen molar-refractivity contribution >= 4 is 0 Å². The molecule has 1 aromatic carbocycles. The lowest BCUT2D eigenvalue weighted by atomic mass is 9.73. The predicted octanol–water partition coefficient (Wildman–Crippen LogP) is 5.51. The Morgan fingerprint density at radius 3 is 2.73 bits per heavy atom. The molecular formula is C23H34O3. The van der Waals surface area contributed by atoms with Gasteiger partial charge >= 0.3 is 0 Å². The molecule has 0 spiro atoms. The molecule has 0 saturated heterocycles. The minimum absolute atomic E-state index is 0.0380. The van der Waals surface area contributed by atoms with Crippen molar-refractivity contribution in [3.05, 3.63) is 47.1 Å². The maximum absolute atomic E-state index is 10.9.